The van der Waals surface area contributed by atoms with Crippen LogP contribution in [0.25, 0.3) is 0 Å². The molecule has 0 aliphatic heterocycles. The van der Waals surface area contributed by atoms with Crippen molar-refractivity contribution in [3.63, 3.8) is 0 Å². The highest BCUT2D eigenvalue weighted by atomic mass is 16.5. The van der Waals surface area contributed by atoms with Crippen LogP contribution in [-0.2, 0) is 13.0 Å². The van der Waals surface area contributed by atoms with E-state index < -0.39 is 0 Å². The van der Waals surface area contributed by atoms with Crippen LogP contribution in [0.3, 0.4) is 0 Å². The molecule has 1 N–H and O–H groups in total. The molecule has 0 aliphatic carbocycles. The number of aryl methyl sites for hydroxylation is 2. The first-order chi connectivity index (χ1) is 6.72. The van der Waals surface area contributed by atoms with E-state index in [1.54, 1.807) is 7.11 Å². The average Bonchev–Trinajstić information content (AvgIpc) is 2.17. The Morgan fingerprint density at radius 1 is 1.29 bits per heavy atom. The fourth-order valence-corrected chi connectivity index (χ4v) is 1.45. The van der Waals surface area contributed by atoms with Gasteiger partial charge in [0.05, 0.1) is 12.8 Å². The van der Waals surface area contributed by atoms with Crippen LogP contribution >= 0.6 is 0 Å². The van der Waals surface area contributed by atoms with Gasteiger partial charge in [0.2, 0.25) is 0 Å². The predicted octanol–water partition coefficient (Wildman–Crippen LogP) is 1.08. The van der Waals surface area contributed by atoms with Crippen molar-refractivity contribution in [3.8, 4) is 5.75 Å². The summed E-state index contributed by atoms with van der Waals surface area (Å²) in [7, 11) is 3.55. The molecule has 0 aliphatic rings. The van der Waals surface area contributed by atoms with Gasteiger partial charge >= 0.3 is 0 Å². The zero-order valence-corrected chi connectivity index (χ0v) is 9.22. The highest BCUT2D eigenvalue weighted by Gasteiger charge is 2.11. The minimum Gasteiger partial charge on any atom is -0.493 e. The summed E-state index contributed by atoms with van der Waals surface area (Å²) >= 11 is 0. The highest BCUT2D eigenvalue weighted by molar-refractivity contribution is 5.33. The Hall–Kier alpha value is -1.16. The lowest BCUT2D eigenvalue weighted by Crippen LogP contribution is -2.12. The van der Waals surface area contributed by atoms with Crippen LogP contribution in [0.15, 0.2) is 0 Å². The number of nitrogens with zero attached hydrogens (tertiary/aromatic N) is 2. The monoisotopic (exact) mass is 195 g/mol. The molecule has 4 heteroatoms. The maximum absolute atomic E-state index is 5.31. The number of ether oxygens (including phenoxy) is 1. The Morgan fingerprint density at radius 3 is 2.43 bits per heavy atom. The van der Waals surface area contributed by atoms with Crippen molar-refractivity contribution in [2.75, 3.05) is 14.2 Å². The molecule has 0 bridgehead atoms. The maximum Gasteiger partial charge on any atom is 0.163 e. The number of hydrogen-bond donors (Lipinski definition) is 1. The summed E-state index contributed by atoms with van der Waals surface area (Å²) in [5.74, 6) is 1.61. The van der Waals surface area contributed by atoms with E-state index in [1.807, 2.05) is 14.0 Å². The molecule has 1 aromatic rings. The van der Waals surface area contributed by atoms with Gasteiger partial charge in [-0.15, -0.1) is 0 Å². The fourth-order valence-electron chi connectivity index (χ4n) is 1.45. The van der Waals surface area contributed by atoms with Crippen molar-refractivity contribution >= 4 is 0 Å². The highest BCUT2D eigenvalue weighted by Crippen LogP contribution is 2.20. The molecule has 0 atom stereocenters. The van der Waals surface area contributed by atoms with E-state index in [4.69, 9.17) is 4.74 Å². The first-order valence-electron chi connectivity index (χ1n) is 4.77. The molecule has 0 aromatic carbocycles. The number of rotatable bonds is 4. The molecule has 0 saturated carbocycles. The summed E-state index contributed by atoms with van der Waals surface area (Å²) in [5.41, 5.74) is 1.91. The minimum absolute atomic E-state index is 0.708. The second kappa shape index (κ2) is 4.91. The van der Waals surface area contributed by atoms with Crippen LogP contribution < -0.4 is 10.1 Å². The third kappa shape index (κ3) is 2.20. The largest absolute Gasteiger partial charge is 0.493 e. The molecule has 0 saturated heterocycles. The summed E-state index contributed by atoms with van der Waals surface area (Å²) < 4.78 is 5.31. The third-order valence-corrected chi connectivity index (χ3v) is 2.00. The Bertz CT molecular complexity index is 312. The second-order valence-corrected chi connectivity index (χ2v) is 3.08. The average molecular weight is 195 g/mol. The van der Waals surface area contributed by atoms with E-state index in [9.17, 15) is 0 Å². The maximum atomic E-state index is 5.31. The Balaban J connectivity index is 3.17. The van der Waals surface area contributed by atoms with Gasteiger partial charge in [-0.2, -0.15) is 0 Å². The molecule has 1 aromatic heterocycles. The SMILES string of the molecule is CCc1nc(C)nc(CNC)c1OC. The van der Waals surface area contributed by atoms with Gasteiger partial charge in [0.15, 0.2) is 5.75 Å². The van der Waals surface area contributed by atoms with Crippen LogP contribution in [0.4, 0.5) is 0 Å². The summed E-state index contributed by atoms with van der Waals surface area (Å²) in [6, 6.07) is 0. The van der Waals surface area contributed by atoms with Crippen LogP contribution in [0.1, 0.15) is 24.1 Å². The molecule has 0 fully saturated rings. The van der Waals surface area contributed by atoms with Crippen LogP contribution in [-0.4, -0.2) is 24.1 Å². The molecule has 1 heterocycles. The zero-order valence-electron chi connectivity index (χ0n) is 9.22. The van der Waals surface area contributed by atoms with E-state index in [0.717, 1.165) is 29.4 Å². The van der Waals surface area contributed by atoms with Gasteiger partial charge in [0.1, 0.15) is 11.5 Å². The van der Waals surface area contributed by atoms with Gasteiger partial charge in [-0.3, -0.25) is 0 Å². The molecule has 0 radical (unpaired) electrons. The second-order valence-electron chi connectivity index (χ2n) is 3.08. The lowest BCUT2D eigenvalue weighted by molar-refractivity contribution is 0.396. The van der Waals surface area contributed by atoms with Crippen molar-refractivity contribution in [1.82, 2.24) is 15.3 Å². The van der Waals surface area contributed by atoms with Crippen LogP contribution in [0.5, 0.6) is 5.75 Å². The molecule has 0 unspecified atom stereocenters. The van der Waals surface area contributed by atoms with Crippen molar-refractivity contribution < 1.29 is 4.74 Å². The Labute approximate surface area is 84.7 Å². The predicted molar refractivity (Wildman–Crippen MR) is 55.5 cm³/mol. The zero-order chi connectivity index (χ0) is 10.6. The lowest BCUT2D eigenvalue weighted by Gasteiger charge is -2.11. The summed E-state index contributed by atoms with van der Waals surface area (Å²) in [6.07, 6.45) is 0.864. The minimum atomic E-state index is 0.708. The molecule has 78 valence electrons. The first kappa shape index (κ1) is 10.9. The van der Waals surface area contributed by atoms with E-state index >= 15 is 0 Å². The quantitative estimate of drug-likeness (QED) is 0.780. The van der Waals surface area contributed by atoms with Gasteiger partial charge < -0.3 is 10.1 Å². The Morgan fingerprint density at radius 2 is 1.93 bits per heavy atom. The molecule has 14 heavy (non-hydrogen) atoms. The molecular weight excluding hydrogens is 178 g/mol. The molecule has 4 nitrogen and oxygen atoms in total. The van der Waals surface area contributed by atoms with E-state index in [2.05, 4.69) is 22.2 Å². The van der Waals surface area contributed by atoms with Gasteiger partial charge in [-0.05, 0) is 20.4 Å². The number of aromatic nitrogens is 2. The van der Waals surface area contributed by atoms with Crippen LogP contribution in [0, 0.1) is 6.92 Å². The molecule has 0 spiro atoms. The van der Waals surface area contributed by atoms with E-state index in [0.29, 0.717) is 6.54 Å². The smallest absolute Gasteiger partial charge is 0.163 e. The molecular formula is C10H17N3O. The van der Waals surface area contributed by atoms with Gasteiger partial charge in [-0.25, -0.2) is 9.97 Å². The molecule has 1 rings (SSSR count). The van der Waals surface area contributed by atoms with Crippen molar-refractivity contribution in [2.24, 2.45) is 0 Å². The number of nitrogens with one attached hydrogen (secondary N) is 1. The topological polar surface area (TPSA) is 47.0 Å². The summed E-state index contributed by atoms with van der Waals surface area (Å²) in [4.78, 5) is 8.69. The first-order valence-corrected chi connectivity index (χ1v) is 4.77. The standard InChI is InChI=1S/C10H17N3O/c1-5-8-10(14-4)9(6-11-3)13-7(2)12-8/h11H,5-6H2,1-4H3. The van der Waals surface area contributed by atoms with Gasteiger partial charge in [0.25, 0.3) is 0 Å². The van der Waals surface area contributed by atoms with Gasteiger partial charge in [0, 0.05) is 6.54 Å². The van der Waals surface area contributed by atoms with Crippen molar-refractivity contribution in [1.29, 1.82) is 0 Å². The van der Waals surface area contributed by atoms with Gasteiger partial charge in [-0.1, -0.05) is 6.92 Å². The van der Waals surface area contributed by atoms with Crippen molar-refractivity contribution in [2.45, 2.75) is 26.8 Å². The lowest BCUT2D eigenvalue weighted by atomic mass is 10.2. The van der Waals surface area contributed by atoms with E-state index in [1.165, 1.54) is 0 Å². The Kier molecular flexibility index (Phi) is 3.83. The fraction of sp³-hybridized carbons (Fsp3) is 0.600. The van der Waals surface area contributed by atoms with Crippen LogP contribution in [0.2, 0.25) is 0 Å². The molecule has 0 amide bonds. The number of hydrogen-bond acceptors (Lipinski definition) is 4. The third-order valence-electron chi connectivity index (χ3n) is 2.00. The van der Waals surface area contributed by atoms with Crippen molar-refractivity contribution in [3.05, 3.63) is 17.2 Å². The number of methoxy groups -OCH3 is 1. The van der Waals surface area contributed by atoms with E-state index in [-0.39, 0.29) is 0 Å². The normalized spacial score (nSPS) is 10.3. The summed E-state index contributed by atoms with van der Waals surface area (Å²) in [5, 5.41) is 3.07. The summed E-state index contributed by atoms with van der Waals surface area (Å²) in [6.45, 7) is 4.67.